The van der Waals surface area contributed by atoms with E-state index in [0.29, 0.717) is 0 Å². The normalized spacial score (nSPS) is 19.3. The third-order valence-electron chi connectivity index (χ3n) is 4.08. The molecule has 0 bridgehead atoms. The summed E-state index contributed by atoms with van der Waals surface area (Å²) < 4.78 is 5.50. The molecule has 1 aromatic carbocycles. The molecule has 1 atom stereocenters. The van der Waals surface area contributed by atoms with Gasteiger partial charge in [0.25, 0.3) is 0 Å². The first kappa shape index (κ1) is 11.5. The highest BCUT2D eigenvalue weighted by molar-refractivity contribution is 5.52. The van der Waals surface area contributed by atoms with Crippen molar-refractivity contribution in [2.75, 3.05) is 7.11 Å². The van der Waals surface area contributed by atoms with Gasteiger partial charge in [-0.25, -0.2) is 0 Å². The quantitative estimate of drug-likeness (QED) is 0.848. The van der Waals surface area contributed by atoms with Crippen LogP contribution in [0.1, 0.15) is 36.5 Å². The fourth-order valence-corrected chi connectivity index (χ4v) is 2.65. The van der Waals surface area contributed by atoms with E-state index >= 15 is 0 Å². The first-order valence-electron chi connectivity index (χ1n) is 5.93. The molecular formula is C14H21NO. The summed E-state index contributed by atoms with van der Waals surface area (Å²) in [6.45, 7) is 6.43. The maximum absolute atomic E-state index is 6.15. The summed E-state index contributed by atoms with van der Waals surface area (Å²) in [6.07, 6.45) is 2.37. The molecule has 1 aliphatic carbocycles. The molecule has 1 aliphatic rings. The lowest BCUT2D eigenvalue weighted by Crippen LogP contribution is -2.32. The Balaban J connectivity index is 2.58. The van der Waals surface area contributed by atoms with Crippen molar-refractivity contribution in [3.63, 3.8) is 0 Å². The van der Waals surface area contributed by atoms with Crippen LogP contribution in [-0.4, -0.2) is 13.2 Å². The van der Waals surface area contributed by atoms with E-state index in [1.807, 2.05) is 0 Å². The molecule has 0 heterocycles. The lowest BCUT2D eigenvalue weighted by Gasteiger charge is -2.25. The van der Waals surface area contributed by atoms with E-state index in [1.54, 1.807) is 7.11 Å². The summed E-state index contributed by atoms with van der Waals surface area (Å²) in [5.41, 5.74) is 10.3. The van der Waals surface area contributed by atoms with Crippen molar-refractivity contribution in [3.8, 4) is 5.75 Å². The number of aryl methyl sites for hydroxylation is 1. The molecule has 0 amide bonds. The number of rotatable bonds is 3. The van der Waals surface area contributed by atoms with Crippen LogP contribution in [0.15, 0.2) is 12.1 Å². The molecule has 16 heavy (non-hydrogen) atoms. The van der Waals surface area contributed by atoms with Gasteiger partial charge in [-0.15, -0.1) is 0 Å². The van der Waals surface area contributed by atoms with Crippen LogP contribution in [0.2, 0.25) is 0 Å². The van der Waals surface area contributed by atoms with Crippen LogP contribution in [0.4, 0.5) is 0 Å². The smallest absolute Gasteiger partial charge is 0.122 e. The Morgan fingerprint density at radius 2 is 1.94 bits per heavy atom. The zero-order valence-electron chi connectivity index (χ0n) is 10.6. The van der Waals surface area contributed by atoms with E-state index in [9.17, 15) is 0 Å². The number of hydrogen-bond acceptors (Lipinski definition) is 2. The molecule has 1 fully saturated rings. The van der Waals surface area contributed by atoms with E-state index in [4.69, 9.17) is 10.5 Å². The van der Waals surface area contributed by atoms with Crippen LogP contribution in [-0.2, 0) is 5.41 Å². The van der Waals surface area contributed by atoms with Crippen molar-refractivity contribution in [1.29, 1.82) is 0 Å². The van der Waals surface area contributed by atoms with Crippen molar-refractivity contribution < 1.29 is 4.74 Å². The van der Waals surface area contributed by atoms with Gasteiger partial charge in [-0.1, -0.05) is 6.07 Å². The van der Waals surface area contributed by atoms with Gasteiger partial charge < -0.3 is 10.5 Å². The molecule has 0 radical (unpaired) electrons. The summed E-state index contributed by atoms with van der Waals surface area (Å²) in [5.74, 6) is 0.998. The van der Waals surface area contributed by atoms with Crippen LogP contribution in [0.25, 0.3) is 0 Å². The minimum absolute atomic E-state index is 0.168. The predicted octanol–water partition coefficient (Wildman–Crippen LogP) is 2.69. The fraction of sp³-hybridized carbons (Fsp3) is 0.571. The van der Waals surface area contributed by atoms with Gasteiger partial charge in [-0.05, 0) is 50.8 Å². The van der Waals surface area contributed by atoms with Gasteiger partial charge in [-0.3, -0.25) is 0 Å². The van der Waals surface area contributed by atoms with Crippen molar-refractivity contribution in [3.05, 3.63) is 28.8 Å². The lowest BCUT2D eigenvalue weighted by molar-refractivity contribution is 0.397. The van der Waals surface area contributed by atoms with Gasteiger partial charge >= 0.3 is 0 Å². The number of benzene rings is 1. The number of ether oxygens (including phenoxy) is 1. The molecule has 88 valence electrons. The summed E-state index contributed by atoms with van der Waals surface area (Å²) in [7, 11) is 1.74. The Bertz CT molecular complexity index is 405. The topological polar surface area (TPSA) is 35.2 Å². The average Bonchev–Trinajstić information content (AvgIpc) is 3.03. The minimum Gasteiger partial charge on any atom is -0.496 e. The molecule has 1 saturated carbocycles. The lowest BCUT2D eigenvalue weighted by atomic mass is 9.84. The molecule has 1 aromatic rings. The van der Waals surface area contributed by atoms with E-state index in [0.717, 1.165) is 5.75 Å². The van der Waals surface area contributed by atoms with Gasteiger partial charge in [0.05, 0.1) is 7.11 Å². The van der Waals surface area contributed by atoms with Crippen LogP contribution < -0.4 is 10.5 Å². The highest BCUT2D eigenvalue weighted by atomic mass is 16.5. The molecule has 0 aliphatic heterocycles. The van der Waals surface area contributed by atoms with Gasteiger partial charge in [0.2, 0.25) is 0 Å². The van der Waals surface area contributed by atoms with E-state index in [2.05, 4.69) is 32.9 Å². The van der Waals surface area contributed by atoms with E-state index in [-0.39, 0.29) is 11.5 Å². The summed E-state index contributed by atoms with van der Waals surface area (Å²) in [5, 5.41) is 0. The third kappa shape index (κ3) is 1.52. The van der Waals surface area contributed by atoms with Crippen molar-refractivity contribution >= 4 is 0 Å². The standard InChI is InChI=1S/C14H21NO/c1-9-5-6-12(16-4)13(10(9)2)14(7-8-14)11(3)15/h5-6,11H,7-8,15H2,1-4H3. The van der Waals surface area contributed by atoms with Crippen LogP contribution >= 0.6 is 0 Å². The largest absolute Gasteiger partial charge is 0.496 e. The Morgan fingerprint density at radius 3 is 2.38 bits per heavy atom. The second-order valence-electron chi connectivity index (χ2n) is 5.03. The molecule has 2 rings (SSSR count). The Labute approximate surface area is 97.8 Å². The van der Waals surface area contributed by atoms with E-state index < -0.39 is 0 Å². The van der Waals surface area contributed by atoms with E-state index in [1.165, 1.54) is 29.5 Å². The Morgan fingerprint density at radius 1 is 1.31 bits per heavy atom. The van der Waals surface area contributed by atoms with Crippen LogP contribution in [0.3, 0.4) is 0 Å². The molecule has 1 unspecified atom stereocenters. The predicted molar refractivity (Wildman–Crippen MR) is 67.0 cm³/mol. The van der Waals surface area contributed by atoms with Gasteiger partial charge in [0.15, 0.2) is 0 Å². The first-order valence-corrected chi connectivity index (χ1v) is 5.93. The zero-order valence-corrected chi connectivity index (χ0v) is 10.6. The molecule has 0 aromatic heterocycles. The second-order valence-corrected chi connectivity index (χ2v) is 5.03. The molecule has 2 heteroatoms. The zero-order chi connectivity index (χ0) is 11.9. The molecular weight excluding hydrogens is 198 g/mol. The minimum atomic E-state index is 0.168. The van der Waals surface area contributed by atoms with Gasteiger partial charge in [0, 0.05) is 17.0 Å². The maximum atomic E-state index is 6.15. The Kier molecular flexibility index (Phi) is 2.70. The SMILES string of the molecule is COc1ccc(C)c(C)c1C1(C(C)N)CC1. The third-order valence-corrected chi connectivity index (χ3v) is 4.08. The summed E-state index contributed by atoms with van der Waals surface area (Å²) in [4.78, 5) is 0. The van der Waals surface area contributed by atoms with Crippen molar-refractivity contribution in [2.24, 2.45) is 5.73 Å². The highest BCUT2D eigenvalue weighted by Gasteiger charge is 2.50. The molecule has 0 saturated heterocycles. The maximum Gasteiger partial charge on any atom is 0.122 e. The van der Waals surface area contributed by atoms with Crippen molar-refractivity contribution in [2.45, 2.75) is 45.1 Å². The van der Waals surface area contributed by atoms with Crippen molar-refractivity contribution in [1.82, 2.24) is 0 Å². The molecule has 2 N–H and O–H groups in total. The fourth-order valence-electron chi connectivity index (χ4n) is 2.65. The van der Waals surface area contributed by atoms with Gasteiger partial charge in [-0.2, -0.15) is 0 Å². The summed E-state index contributed by atoms with van der Waals surface area (Å²) >= 11 is 0. The highest BCUT2D eigenvalue weighted by Crippen LogP contribution is 2.54. The van der Waals surface area contributed by atoms with Crippen LogP contribution in [0.5, 0.6) is 5.75 Å². The summed E-state index contributed by atoms with van der Waals surface area (Å²) in [6, 6.07) is 4.39. The number of hydrogen-bond donors (Lipinski definition) is 1. The van der Waals surface area contributed by atoms with Gasteiger partial charge in [0.1, 0.15) is 5.75 Å². The molecule has 2 nitrogen and oxygen atoms in total. The molecule has 0 spiro atoms. The van der Waals surface area contributed by atoms with Crippen LogP contribution in [0, 0.1) is 13.8 Å². The first-order chi connectivity index (χ1) is 7.53. The number of nitrogens with two attached hydrogens (primary N) is 1. The number of methoxy groups -OCH3 is 1. The second kappa shape index (κ2) is 3.77. The average molecular weight is 219 g/mol. The Hall–Kier alpha value is -1.02. The monoisotopic (exact) mass is 219 g/mol.